The second-order valence-electron chi connectivity index (χ2n) is 4.13. The number of nitrogens with one attached hydrogen (secondary N) is 2. The van der Waals surface area contributed by atoms with Crippen molar-refractivity contribution in [1.82, 2.24) is 0 Å². The summed E-state index contributed by atoms with van der Waals surface area (Å²) in [6.07, 6.45) is 0. The fourth-order valence-corrected chi connectivity index (χ4v) is 2.32. The van der Waals surface area contributed by atoms with Crippen molar-refractivity contribution >= 4 is 40.5 Å². The van der Waals surface area contributed by atoms with Gasteiger partial charge in [-0.25, -0.2) is 0 Å². The normalized spacial score (nSPS) is 10.2. The molecule has 0 unspecified atom stereocenters. The molecule has 104 valence electrons. The SMILES string of the molecule is CCNc1ccccc1C(=O)Nc1c(Cl)cccc1Cl. The Kier molecular flexibility index (Phi) is 4.88. The number of benzene rings is 2. The number of hydrogen-bond acceptors (Lipinski definition) is 2. The highest BCUT2D eigenvalue weighted by Gasteiger charge is 2.14. The Morgan fingerprint density at radius 1 is 1.05 bits per heavy atom. The maximum atomic E-state index is 12.3. The van der Waals surface area contributed by atoms with Crippen molar-refractivity contribution in [3.63, 3.8) is 0 Å². The molecule has 2 aromatic rings. The van der Waals surface area contributed by atoms with Gasteiger partial charge < -0.3 is 10.6 Å². The van der Waals surface area contributed by atoms with Crippen LogP contribution in [0.15, 0.2) is 42.5 Å². The lowest BCUT2D eigenvalue weighted by molar-refractivity contribution is 0.102. The van der Waals surface area contributed by atoms with Crippen LogP contribution in [0.2, 0.25) is 10.0 Å². The number of hydrogen-bond donors (Lipinski definition) is 2. The zero-order valence-electron chi connectivity index (χ0n) is 10.9. The van der Waals surface area contributed by atoms with Gasteiger partial charge in [-0.3, -0.25) is 4.79 Å². The molecule has 2 N–H and O–H groups in total. The molecule has 3 nitrogen and oxygen atoms in total. The molecule has 1 amide bonds. The van der Waals surface area contributed by atoms with Crippen molar-refractivity contribution in [3.05, 3.63) is 58.1 Å². The maximum absolute atomic E-state index is 12.3. The molecular weight excluding hydrogens is 295 g/mol. The van der Waals surface area contributed by atoms with Gasteiger partial charge in [-0.15, -0.1) is 0 Å². The summed E-state index contributed by atoms with van der Waals surface area (Å²) in [5.41, 5.74) is 1.74. The third kappa shape index (κ3) is 3.24. The molecule has 0 spiro atoms. The van der Waals surface area contributed by atoms with E-state index in [2.05, 4.69) is 10.6 Å². The Hall–Kier alpha value is -1.71. The first kappa shape index (κ1) is 14.7. The number of halogens is 2. The predicted octanol–water partition coefficient (Wildman–Crippen LogP) is 4.68. The smallest absolute Gasteiger partial charge is 0.257 e. The molecule has 20 heavy (non-hydrogen) atoms. The van der Waals surface area contributed by atoms with E-state index in [1.54, 1.807) is 24.3 Å². The van der Waals surface area contributed by atoms with Crippen LogP contribution < -0.4 is 10.6 Å². The van der Waals surface area contributed by atoms with Crippen LogP contribution in [0.25, 0.3) is 0 Å². The molecule has 0 saturated carbocycles. The number of para-hydroxylation sites is 2. The second kappa shape index (κ2) is 6.64. The molecule has 0 saturated heterocycles. The number of carbonyl (C=O) groups is 1. The lowest BCUT2D eigenvalue weighted by Gasteiger charge is -2.12. The lowest BCUT2D eigenvalue weighted by Crippen LogP contribution is -2.15. The first-order valence-electron chi connectivity index (χ1n) is 6.21. The van der Waals surface area contributed by atoms with Crippen LogP contribution >= 0.6 is 23.2 Å². The van der Waals surface area contributed by atoms with Crippen molar-refractivity contribution in [1.29, 1.82) is 0 Å². The van der Waals surface area contributed by atoms with Crippen LogP contribution in [0, 0.1) is 0 Å². The largest absolute Gasteiger partial charge is 0.385 e. The zero-order chi connectivity index (χ0) is 14.5. The standard InChI is InChI=1S/C15H14Cl2N2O/c1-2-18-13-9-4-3-6-10(13)15(20)19-14-11(16)7-5-8-12(14)17/h3-9,18H,2H2,1H3,(H,19,20). The summed E-state index contributed by atoms with van der Waals surface area (Å²) in [5.74, 6) is -0.253. The van der Waals surface area contributed by atoms with E-state index < -0.39 is 0 Å². The van der Waals surface area contributed by atoms with E-state index in [4.69, 9.17) is 23.2 Å². The predicted molar refractivity (Wildman–Crippen MR) is 85.0 cm³/mol. The van der Waals surface area contributed by atoms with E-state index >= 15 is 0 Å². The fraction of sp³-hybridized carbons (Fsp3) is 0.133. The summed E-state index contributed by atoms with van der Waals surface area (Å²) in [4.78, 5) is 12.3. The van der Waals surface area contributed by atoms with Crippen LogP contribution in [-0.2, 0) is 0 Å². The summed E-state index contributed by atoms with van der Waals surface area (Å²) in [6, 6.07) is 12.4. The highest BCUT2D eigenvalue weighted by Crippen LogP contribution is 2.30. The molecule has 2 aromatic carbocycles. The molecule has 0 aliphatic rings. The Bertz CT molecular complexity index is 609. The Balaban J connectivity index is 2.29. The van der Waals surface area contributed by atoms with Crippen LogP contribution in [0.5, 0.6) is 0 Å². The molecule has 0 atom stereocenters. The average Bonchev–Trinajstić information content (AvgIpc) is 2.44. The van der Waals surface area contributed by atoms with Crippen molar-refractivity contribution in [3.8, 4) is 0 Å². The van der Waals surface area contributed by atoms with Gasteiger partial charge in [0, 0.05) is 12.2 Å². The minimum absolute atomic E-state index is 0.253. The molecule has 0 bridgehead atoms. The van der Waals surface area contributed by atoms with Crippen LogP contribution in [-0.4, -0.2) is 12.5 Å². The molecule has 0 heterocycles. The van der Waals surface area contributed by atoms with Gasteiger partial charge >= 0.3 is 0 Å². The van der Waals surface area contributed by atoms with Gasteiger partial charge in [0.2, 0.25) is 0 Å². The highest BCUT2D eigenvalue weighted by atomic mass is 35.5. The monoisotopic (exact) mass is 308 g/mol. The van der Waals surface area contributed by atoms with E-state index in [1.807, 2.05) is 25.1 Å². The van der Waals surface area contributed by atoms with Gasteiger partial charge in [0.1, 0.15) is 0 Å². The first-order valence-corrected chi connectivity index (χ1v) is 6.97. The Labute approximate surface area is 127 Å². The summed E-state index contributed by atoms with van der Waals surface area (Å²) >= 11 is 12.1. The van der Waals surface area contributed by atoms with Crippen LogP contribution in [0.1, 0.15) is 17.3 Å². The third-order valence-electron chi connectivity index (χ3n) is 2.74. The van der Waals surface area contributed by atoms with Gasteiger partial charge in [-0.1, -0.05) is 41.4 Å². The number of carbonyl (C=O) groups excluding carboxylic acids is 1. The van der Waals surface area contributed by atoms with Gasteiger partial charge in [0.05, 0.1) is 21.3 Å². The van der Waals surface area contributed by atoms with E-state index in [1.165, 1.54) is 0 Å². The van der Waals surface area contributed by atoms with E-state index in [0.29, 0.717) is 21.3 Å². The average molecular weight is 309 g/mol. The molecule has 0 radical (unpaired) electrons. The number of rotatable bonds is 4. The van der Waals surface area contributed by atoms with Crippen molar-refractivity contribution in [2.24, 2.45) is 0 Å². The summed E-state index contributed by atoms with van der Waals surface area (Å²) in [6.45, 7) is 2.71. The van der Waals surface area contributed by atoms with Crippen molar-refractivity contribution in [2.75, 3.05) is 17.2 Å². The minimum Gasteiger partial charge on any atom is -0.385 e. The van der Waals surface area contributed by atoms with Gasteiger partial charge in [0.25, 0.3) is 5.91 Å². The van der Waals surface area contributed by atoms with Crippen molar-refractivity contribution < 1.29 is 4.79 Å². The minimum atomic E-state index is -0.253. The van der Waals surface area contributed by atoms with Gasteiger partial charge in [-0.05, 0) is 31.2 Å². The maximum Gasteiger partial charge on any atom is 0.257 e. The Morgan fingerprint density at radius 3 is 2.35 bits per heavy atom. The number of amides is 1. The molecule has 0 aliphatic heterocycles. The number of anilines is 2. The van der Waals surface area contributed by atoms with Gasteiger partial charge in [-0.2, -0.15) is 0 Å². The highest BCUT2D eigenvalue weighted by molar-refractivity contribution is 6.40. The van der Waals surface area contributed by atoms with Crippen molar-refractivity contribution in [2.45, 2.75) is 6.92 Å². The van der Waals surface area contributed by atoms with E-state index in [-0.39, 0.29) is 5.91 Å². The van der Waals surface area contributed by atoms with Crippen LogP contribution in [0.4, 0.5) is 11.4 Å². The van der Waals surface area contributed by atoms with E-state index in [0.717, 1.165) is 12.2 Å². The van der Waals surface area contributed by atoms with E-state index in [9.17, 15) is 4.79 Å². The zero-order valence-corrected chi connectivity index (χ0v) is 12.4. The summed E-state index contributed by atoms with van der Waals surface area (Å²) < 4.78 is 0. The molecule has 5 heteroatoms. The van der Waals surface area contributed by atoms with Gasteiger partial charge in [0.15, 0.2) is 0 Å². The topological polar surface area (TPSA) is 41.1 Å². The quantitative estimate of drug-likeness (QED) is 0.861. The molecule has 0 aliphatic carbocycles. The third-order valence-corrected chi connectivity index (χ3v) is 3.37. The summed E-state index contributed by atoms with van der Waals surface area (Å²) in [5, 5.41) is 6.71. The summed E-state index contributed by atoms with van der Waals surface area (Å²) in [7, 11) is 0. The fourth-order valence-electron chi connectivity index (χ4n) is 1.82. The molecular formula is C15H14Cl2N2O. The molecule has 0 aromatic heterocycles. The Morgan fingerprint density at radius 2 is 1.70 bits per heavy atom. The molecule has 0 fully saturated rings. The molecule has 2 rings (SSSR count). The second-order valence-corrected chi connectivity index (χ2v) is 4.94. The lowest BCUT2D eigenvalue weighted by atomic mass is 10.1. The van der Waals surface area contributed by atoms with Crippen LogP contribution in [0.3, 0.4) is 0 Å². The first-order chi connectivity index (χ1) is 9.63.